The first kappa shape index (κ1) is 16.1. The molecule has 0 aromatic heterocycles. The molecule has 1 aliphatic rings. The van der Waals surface area contributed by atoms with Gasteiger partial charge in [-0.25, -0.2) is 8.42 Å². The molecule has 1 aromatic rings. The fraction of sp³-hybridized carbons (Fsp3) is 0.571. The lowest BCUT2D eigenvalue weighted by atomic mass is 10.3. The van der Waals surface area contributed by atoms with Crippen LogP contribution in [-0.2, 0) is 10.0 Å². The zero-order valence-electron chi connectivity index (χ0n) is 12.6. The molecular weight excluding hydrogens is 290 g/mol. The van der Waals surface area contributed by atoms with Crippen LogP contribution in [0.15, 0.2) is 23.1 Å². The maximum atomic E-state index is 12.8. The van der Waals surface area contributed by atoms with Gasteiger partial charge in [-0.2, -0.15) is 4.31 Å². The molecule has 2 N–H and O–H groups in total. The van der Waals surface area contributed by atoms with Gasteiger partial charge >= 0.3 is 0 Å². The van der Waals surface area contributed by atoms with Crippen LogP contribution >= 0.6 is 0 Å². The van der Waals surface area contributed by atoms with E-state index in [0.29, 0.717) is 31.1 Å². The normalized spacial score (nSPS) is 17.8. The highest BCUT2D eigenvalue weighted by atomic mass is 32.2. The van der Waals surface area contributed by atoms with Crippen molar-refractivity contribution < 1.29 is 13.2 Å². The summed E-state index contributed by atoms with van der Waals surface area (Å²) >= 11 is 0. The second-order valence-electron chi connectivity index (χ2n) is 4.98. The van der Waals surface area contributed by atoms with Crippen LogP contribution in [-0.4, -0.2) is 57.0 Å². The summed E-state index contributed by atoms with van der Waals surface area (Å²) in [7, 11) is -3.57. The van der Waals surface area contributed by atoms with Crippen LogP contribution in [0.4, 0.5) is 5.69 Å². The average molecular weight is 313 g/mol. The van der Waals surface area contributed by atoms with Gasteiger partial charge in [0.15, 0.2) is 0 Å². The molecular formula is C14H23N3O3S. The second-order valence-corrected chi connectivity index (χ2v) is 6.88. The summed E-state index contributed by atoms with van der Waals surface area (Å²) in [6, 6.07) is 4.75. The fourth-order valence-electron chi connectivity index (χ4n) is 2.43. The van der Waals surface area contributed by atoms with Crippen LogP contribution < -0.4 is 10.5 Å². The van der Waals surface area contributed by atoms with Gasteiger partial charge in [-0.3, -0.25) is 0 Å². The van der Waals surface area contributed by atoms with Crippen molar-refractivity contribution in [2.75, 3.05) is 45.1 Å². The summed E-state index contributed by atoms with van der Waals surface area (Å²) in [4.78, 5) is 2.39. The maximum Gasteiger partial charge on any atom is 0.246 e. The standard InChI is InChI=1S/C14H23N3O3S/c1-3-16-7-9-17(10-8-16)21(18,19)14-11-12(15)5-6-13(14)20-4-2/h5-6,11H,3-4,7-10,15H2,1-2H3. The Morgan fingerprint density at radius 3 is 2.43 bits per heavy atom. The number of hydrogen-bond donors (Lipinski definition) is 1. The molecule has 0 unspecified atom stereocenters. The predicted octanol–water partition coefficient (Wildman–Crippen LogP) is 0.994. The largest absolute Gasteiger partial charge is 0.492 e. The molecule has 0 spiro atoms. The minimum atomic E-state index is -3.57. The first-order valence-corrected chi connectivity index (χ1v) is 8.67. The number of nitrogens with zero attached hydrogens (tertiary/aromatic N) is 2. The van der Waals surface area contributed by atoms with Crippen LogP contribution in [0, 0.1) is 0 Å². The Balaban J connectivity index is 2.29. The first-order chi connectivity index (χ1) is 9.98. The lowest BCUT2D eigenvalue weighted by Gasteiger charge is -2.33. The number of nitrogen functional groups attached to an aromatic ring is 1. The van der Waals surface area contributed by atoms with E-state index in [0.717, 1.165) is 19.6 Å². The van der Waals surface area contributed by atoms with Crippen molar-refractivity contribution in [1.82, 2.24) is 9.21 Å². The highest BCUT2D eigenvalue weighted by Crippen LogP contribution is 2.29. The topological polar surface area (TPSA) is 75.9 Å². The Morgan fingerprint density at radius 2 is 1.86 bits per heavy atom. The number of piperazine rings is 1. The van der Waals surface area contributed by atoms with E-state index < -0.39 is 10.0 Å². The molecule has 2 rings (SSSR count). The van der Waals surface area contributed by atoms with Gasteiger partial charge in [-0.1, -0.05) is 6.92 Å². The van der Waals surface area contributed by atoms with Gasteiger partial charge in [0, 0.05) is 31.9 Å². The average Bonchev–Trinajstić information content (AvgIpc) is 2.49. The molecule has 0 amide bonds. The van der Waals surface area contributed by atoms with Crippen LogP contribution in [0.2, 0.25) is 0 Å². The van der Waals surface area contributed by atoms with E-state index >= 15 is 0 Å². The van der Waals surface area contributed by atoms with Gasteiger partial charge in [0.1, 0.15) is 10.6 Å². The lowest BCUT2D eigenvalue weighted by molar-refractivity contribution is 0.196. The monoisotopic (exact) mass is 313 g/mol. The summed E-state index contributed by atoms with van der Waals surface area (Å²) in [5.74, 6) is 0.365. The molecule has 1 fully saturated rings. The lowest BCUT2D eigenvalue weighted by Crippen LogP contribution is -2.48. The molecule has 21 heavy (non-hydrogen) atoms. The van der Waals surface area contributed by atoms with Crippen LogP contribution in [0.5, 0.6) is 5.75 Å². The third-order valence-electron chi connectivity index (χ3n) is 3.66. The van der Waals surface area contributed by atoms with Crippen molar-refractivity contribution in [2.24, 2.45) is 0 Å². The number of sulfonamides is 1. The first-order valence-electron chi connectivity index (χ1n) is 7.23. The number of nitrogens with two attached hydrogens (primary N) is 1. The quantitative estimate of drug-likeness (QED) is 0.821. The molecule has 1 aromatic carbocycles. The van der Waals surface area contributed by atoms with Crippen molar-refractivity contribution in [1.29, 1.82) is 0 Å². The van der Waals surface area contributed by atoms with Crippen LogP contribution in [0.25, 0.3) is 0 Å². The number of hydrogen-bond acceptors (Lipinski definition) is 5. The number of benzene rings is 1. The molecule has 1 saturated heterocycles. The summed E-state index contributed by atoms with van der Waals surface area (Å²) < 4.78 is 32.6. The summed E-state index contributed by atoms with van der Waals surface area (Å²) in [5.41, 5.74) is 6.17. The Hall–Kier alpha value is -1.31. The minimum Gasteiger partial charge on any atom is -0.492 e. The number of anilines is 1. The zero-order chi connectivity index (χ0) is 15.5. The van der Waals surface area contributed by atoms with Crippen LogP contribution in [0.1, 0.15) is 13.8 Å². The fourth-order valence-corrected chi connectivity index (χ4v) is 4.01. The van der Waals surface area contributed by atoms with Crippen molar-refractivity contribution in [3.8, 4) is 5.75 Å². The van der Waals surface area contributed by atoms with Gasteiger partial charge in [-0.05, 0) is 31.7 Å². The van der Waals surface area contributed by atoms with E-state index in [1.54, 1.807) is 12.1 Å². The van der Waals surface area contributed by atoms with Crippen molar-refractivity contribution in [2.45, 2.75) is 18.7 Å². The Labute approximate surface area is 126 Å². The Kier molecular flexibility index (Phi) is 5.08. The van der Waals surface area contributed by atoms with E-state index in [9.17, 15) is 8.42 Å². The van der Waals surface area contributed by atoms with E-state index in [2.05, 4.69) is 11.8 Å². The predicted molar refractivity (Wildman–Crippen MR) is 82.9 cm³/mol. The molecule has 0 bridgehead atoms. The van der Waals surface area contributed by atoms with Crippen molar-refractivity contribution in [3.05, 3.63) is 18.2 Å². The zero-order valence-corrected chi connectivity index (χ0v) is 13.4. The summed E-state index contributed by atoms with van der Waals surface area (Å²) in [5, 5.41) is 0. The van der Waals surface area contributed by atoms with Gasteiger partial charge in [-0.15, -0.1) is 0 Å². The van der Waals surface area contributed by atoms with E-state index in [4.69, 9.17) is 10.5 Å². The molecule has 1 aliphatic heterocycles. The molecule has 0 radical (unpaired) electrons. The van der Waals surface area contributed by atoms with E-state index in [-0.39, 0.29) is 4.90 Å². The van der Waals surface area contributed by atoms with Gasteiger partial charge in [0.05, 0.1) is 6.61 Å². The van der Waals surface area contributed by atoms with Crippen molar-refractivity contribution >= 4 is 15.7 Å². The molecule has 0 aliphatic carbocycles. The van der Waals surface area contributed by atoms with Crippen LogP contribution in [0.3, 0.4) is 0 Å². The number of likely N-dealkylation sites (N-methyl/N-ethyl adjacent to an activating group) is 1. The second kappa shape index (κ2) is 6.64. The molecule has 0 saturated carbocycles. The van der Waals surface area contributed by atoms with Crippen molar-refractivity contribution in [3.63, 3.8) is 0 Å². The van der Waals surface area contributed by atoms with E-state index in [1.165, 1.54) is 10.4 Å². The summed E-state index contributed by atoms with van der Waals surface area (Å²) in [6.45, 7) is 7.76. The minimum absolute atomic E-state index is 0.161. The third kappa shape index (κ3) is 3.48. The highest BCUT2D eigenvalue weighted by Gasteiger charge is 2.30. The SMILES string of the molecule is CCOc1ccc(N)cc1S(=O)(=O)N1CCN(CC)CC1. The van der Waals surface area contributed by atoms with Gasteiger partial charge < -0.3 is 15.4 Å². The number of ether oxygens (including phenoxy) is 1. The molecule has 118 valence electrons. The molecule has 0 atom stereocenters. The Bertz CT molecular complexity index is 581. The molecule has 7 heteroatoms. The summed E-state index contributed by atoms with van der Waals surface area (Å²) in [6.07, 6.45) is 0. The number of rotatable bonds is 5. The van der Waals surface area contributed by atoms with E-state index in [1.807, 2.05) is 6.92 Å². The third-order valence-corrected chi connectivity index (χ3v) is 5.58. The maximum absolute atomic E-state index is 12.8. The smallest absolute Gasteiger partial charge is 0.246 e. The molecule has 1 heterocycles. The Morgan fingerprint density at radius 1 is 1.19 bits per heavy atom. The molecule has 6 nitrogen and oxygen atoms in total. The van der Waals surface area contributed by atoms with Gasteiger partial charge in [0.25, 0.3) is 0 Å². The van der Waals surface area contributed by atoms with Gasteiger partial charge in [0.2, 0.25) is 10.0 Å². The highest BCUT2D eigenvalue weighted by molar-refractivity contribution is 7.89.